The Morgan fingerprint density at radius 2 is 1.41 bits per heavy atom. The molecule has 44 heavy (non-hydrogen) atoms. The number of hydrogen-bond acceptors (Lipinski definition) is 6. The van der Waals surface area contributed by atoms with Crippen molar-refractivity contribution in [3.63, 3.8) is 0 Å². The van der Waals surface area contributed by atoms with E-state index in [1.165, 1.54) is 45.3 Å². The third-order valence-electron chi connectivity index (χ3n) is 9.22. The maximum Gasteiger partial charge on any atom is 0.315 e. The summed E-state index contributed by atoms with van der Waals surface area (Å²) in [6.45, 7) is 6.62. The lowest BCUT2D eigenvalue weighted by Gasteiger charge is -2.39. The molecule has 0 bridgehead atoms. The average Bonchev–Trinajstić information content (AvgIpc) is 3.76. The van der Waals surface area contributed by atoms with Crippen LogP contribution in [-0.4, -0.2) is 65.8 Å². The predicted octanol–water partition coefficient (Wildman–Crippen LogP) is 5.28. The van der Waals surface area contributed by atoms with Gasteiger partial charge in [0.05, 0.1) is 18.8 Å². The Balaban J connectivity index is 1.09. The number of aliphatic hydroxyl groups excluding tert-OH is 1. The Morgan fingerprint density at radius 3 is 2.11 bits per heavy atom. The minimum Gasteiger partial charge on any atom is -0.392 e. The van der Waals surface area contributed by atoms with Crippen LogP contribution in [0.4, 0.5) is 4.79 Å². The first-order valence-electron chi connectivity index (χ1n) is 16.2. The molecular formula is C36H46N4O4. The molecule has 0 spiro atoms. The molecule has 8 nitrogen and oxygen atoms in total. The summed E-state index contributed by atoms with van der Waals surface area (Å²) in [5, 5.41) is 15.4. The molecule has 3 aromatic rings. The molecule has 3 heterocycles. The van der Waals surface area contributed by atoms with Crippen molar-refractivity contribution in [2.75, 3.05) is 32.7 Å². The van der Waals surface area contributed by atoms with Crippen LogP contribution in [0.5, 0.6) is 0 Å². The molecule has 0 saturated carbocycles. The quantitative estimate of drug-likeness (QED) is 0.278. The first-order chi connectivity index (χ1) is 21.6. The number of nitrogens with one attached hydrogen (secondary N) is 2. The second kappa shape index (κ2) is 15.1. The summed E-state index contributed by atoms with van der Waals surface area (Å²) in [6, 6.07) is 26.5. The second-order valence-electron chi connectivity index (χ2n) is 12.4. The number of amides is 2. The van der Waals surface area contributed by atoms with Crippen LogP contribution in [0, 0.1) is 0 Å². The highest BCUT2D eigenvalue weighted by molar-refractivity contribution is 5.73. The molecule has 3 aliphatic rings. The van der Waals surface area contributed by atoms with E-state index in [-0.39, 0.29) is 24.8 Å². The van der Waals surface area contributed by atoms with Crippen LogP contribution in [0.3, 0.4) is 0 Å². The summed E-state index contributed by atoms with van der Waals surface area (Å²) in [7, 11) is 0. The highest BCUT2D eigenvalue weighted by atomic mass is 16.7. The van der Waals surface area contributed by atoms with Crippen molar-refractivity contribution >= 4 is 6.03 Å². The van der Waals surface area contributed by atoms with Gasteiger partial charge in [0.15, 0.2) is 6.29 Å². The zero-order chi connectivity index (χ0) is 30.1. The number of benzene rings is 3. The molecule has 0 aromatic heterocycles. The third kappa shape index (κ3) is 8.25. The van der Waals surface area contributed by atoms with E-state index in [4.69, 9.17) is 9.47 Å². The number of ether oxygens (including phenoxy) is 2. The van der Waals surface area contributed by atoms with Crippen LogP contribution < -0.4 is 10.6 Å². The van der Waals surface area contributed by atoms with Gasteiger partial charge in [-0.05, 0) is 67.6 Å². The maximum absolute atomic E-state index is 12.3. The van der Waals surface area contributed by atoms with Crippen LogP contribution in [0.1, 0.15) is 72.3 Å². The molecule has 234 valence electrons. The maximum atomic E-state index is 12.3. The largest absolute Gasteiger partial charge is 0.392 e. The van der Waals surface area contributed by atoms with E-state index < -0.39 is 6.29 Å². The summed E-state index contributed by atoms with van der Waals surface area (Å²) in [5.74, 6) is 0. The minimum atomic E-state index is -0.480. The molecule has 6 rings (SSSR count). The van der Waals surface area contributed by atoms with E-state index in [9.17, 15) is 9.90 Å². The summed E-state index contributed by atoms with van der Waals surface area (Å²) in [6.07, 6.45) is 5.42. The van der Waals surface area contributed by atoms with E-state index in [0.717, 1.165) is 47.3 Å². The SMILES string of the molecule is O=C(NCc1ccccc1)NCc1ccc([C@@H]2O[C@H](CN3CCC[C@H]3CN3CCCC3)C[C@H](c3ccc(CO)cc3)O2)cc1. The van der Waals surface area contributed by atoms with Gasteiger partial charge in [-0.2, -0.15) is 0 Å². The number of urea groups is 1. The van der Waals surface area contributed by atoms with Crippen molar-refractivity contribution in [1.29, 1.82) is 0 Å². The fourth-order valence-corrected chi connectivity index (χ4v) is 6.72. The Hall–Kier alpha value is -3.27. The molecular weight excluding hydrogens is 552 g/mol. The number of carbonyl (C=O) groups is 1. The number of nitrogens with zero attached hydrogens (tertiary/aromatic N) is 2. The Kier molecular flexibility index (Phi) is 10.6. The lowest BCUT2D eigenvalue weighted by atomic mass is 9.99. The smallest absolute Gasteiger partial charge is 0.315 e. The van der Waals surface area contributed by atoms with Crippen molar-refractivity contribution in [1.82, 2.24) is 20.4 Å². The first-order valence-corrected chi connectivity index (χ1v) is 16.2. The Morgan fingerprint density at radius 1 is 0.750 bits per heavy atom. The fourth-order valence-electron chi connectivity index (χ4n) is 6.72. The first kappa shape index (κ1) is 30.7. The number of hydrogen-bond donors (Lipinski definition) is 3. The van der Waals surface area contributed by atoms with Crippen molar-refractivity contribution in [2.45, 2.75) is 76.3 Å². The van der Waals surface area contributed by atoms with E-state index in [0.29, 0.717) is 19.1 Å². The molecule has 3 fully saturated rings. The molecule has 8 heteroatoms. The van der Waals surface area contributed by atoms with Crippen LogP contribution in [0.25, 0.3) is 0 Å². The molecule has 3 aliphatic heterocycles. The zero-order valence-electron chi connectivity index (χ0n) is 25.6. The Bertz CT molecular complexity index is 1310. The van der Waals surface area contributed by atoms with Gasteiger partial charge in [-0.25, -0.2) is 4.79 Å². The number of likely N-dealkylation sites (tertiary alicyclic amines) is 2. The zero-order valence-corrected chi connectivity index (χ0v) is 25.6. The summed E-state index contributed by atoms with van der Waals surface area (Å²) in [5.41, 5.74) is 5.05. The molecule has 3 saturated heterocycles. The van der Waals surface area contributed by atoms with Crippen LogP contribution >= 0.6 is 0 Å². The van der Waals surface area contributed by atoms with Crippen LogP contribution in [0.2, 0.25) is 0 Å². The topological polar surface area (TPSA) is 86.3 Å². The highest BCUT2D eigenvalue weighted by Gasteiger charge is 2.36. The lowest BCUT2D eigenvalue weighted by Crippen LogP contribution is -2.45. The van der Waals surface area contributed by atoms with Crippen molar-refractivity contribution < 1.29 is 19.4 Å². The van der Waals surface area contributed by atoms with Crippen LogP contribution in [0.15, 0.2) is 78.9 Å². The molecule has 4 atom stereocenters. The van der Waals surface area contributed by atoms with Gasteiger partial charge in [-0.3, -0.25) is 4.90 Å². The molecule has 0 aliphatic carbocycles. The van der Waals surface area contributed by atoms with Gasteiger partial charge >= 0.3 is 6.03 Å². The highest BCUT2D eigenvalue weighted by Crippen LogP contribution is 2.39. The normalized spacial score (nSPS) is 24.4. The van der Waals surface area contributed by atoms with Gasteiger partial charge in [-0.15, -0.1) is 0 Å². The van der Waals surface area contributed by atoms with Crippen molar-refractivity contribution in [2.24, 2.45) is 0 Å². The average molecular weight is 599 g/mol. The van der Waals surface area contributed by atoms with E-state index in [2.05, 4.69) is 32.6 Å². The fraction of sp³-hybridized carbons (Fsp3) is 0.472. The standard InChI is InChI=1S/C36H46N4O4/c41-26-29-12-14-30(15-13-29)34-21-33(25-40-20-6-9-32(40)24-39-18-4-5-19-39)43-35(44-34)31-16-10-28(11-17-31)23-38-36(42)37-22-27-7-2-1-3-8-27/h1-3,7-8,10-17,32-35,41H,4-6,9,18-26H2,(H2,37,38,42)/t32-,33-,34+,35+/m0/s1. The van der Waals surface area contributed by atoms with Gasteiger partial charge in [0, 0.05) is 44.2 Å². The number of rotatable bonds is 11. The van der Waals surface area contributed by atoms with Crippen molar-refractivity contribution in [3.05, 3.63) is 107 Å². The minimum absolute atomic E-state index is 0.0312. The van der Waals surface area contributed by atoms with Gasteiger partial charge in [0.2, 0.25) is 0 Å². The number of aliphatic hydroxyl groups is 1. The lowest BCUT2D eigenvalue weighted by molar-refractivity contribution is -0.253. The Labute approximate surface area is 261 Å². The summed E-state index contributed by atoms with van der Waals surface area (Å²) < 4.78 is 13.2. The molecule has 3 aromatic carbocycles. The van der Waals surface area contributed by atoms with Gasteiger partial charge < -0.3 is 30.1 Å². The molecule has 3 N–H and O–H groups in total. The molecule has 0 radical (unpaired) electrons. The van der Waals surface area contributed by atoms with Gasteiger partial charge in [-0.1, -0.05) is 78.9 Å². The monoisotopic (exact) mass is 598 g/mol. The third-order valence-corrected chi connectivity index (χ3v) is 9.22. The van der Waals surface area contributed by atoms with E-state index in [1.807, 2.05) is 66.7 Å². The second-order valence-corrected chi connectivity index (χ2v) is 12.4. The summed E-state index contributed by atoms with van der Waals surface area (Å²) in [4.78, 5) is 17.6. The van der Waals surface area contributed by atoms with Gasteiger partial charge in [0.1, 0.15) is 0 Å². The molecule has 2 amide bonds. The van der Waals surface area contributed by atoms with Crippen LogP contribution in [-0.2, 0) is 29.2 Å². The number of carbonyl (C=O) groups excluding carboxylic acids is 1. The van der Waals surface area contributed by atoms with Crippen molar-refractivity contribution in [3.8, 4) is 0 Å². The van der Waals surface area contributed by atoms with Gasteiger partial charge in [0.25, 0.3) is 0 Å². The van der Waals surface area contributed by atoms with E-state index in [1.54, 1.807) is 0 Å². The summed E-state index contributed by atoms with van der Waals surface area (Å²) >= 11 is 0. The van der Waals surface area contributed by atoms with E-state index >= 15 is 0 Å². The molecule has 0 unspecified atom stereocenters. The predicted molar refractivity (Wildman–Crippen MR) is 171 cm³/mol.